The first-order chi connectivity index (χ1) is 13.4. The van der Waals surface area contributed by atoms with Gasteiger partial charge >= 0.3 is 0 Å². The van der Waals surface area contributed by atoms with Gasteiger partial charge in [0.15, 0.2) is 0 Å². The number of benzene rings is 2. The summed E-state index contributed by atoms with van der Waals surface area (Å²) in [5.74, 6) is -1.78. The maximum absolute atomic E-state index is 13.5. The van der Waals surface area contributed by atoms with Crippen LogP contribution in [0.2, 0.25) is 0 Å². The molecule has 4 rings (SSSR count). The summed E-state index contributed by atoms with van der Waals surface area (Å²) in [7, 11) is 0. The summed E-state index contributed by atoms with van der Waals surface area (Å²) in [4.78, 5) is 25.0. The summed E-state index contributed by atoms with van der Waals surface area (Å²) in [6, 6.07) is 13.7. The Hall–Kier alpha value is -3.48. The van der Waals surface area contributed by atoms with Crippen LogP contribution in [0.1, 0.15) is 29.3 Å². The van der Waals surface area contributed by atoms with Gasteiger partial charge in [0.05, 0.1) is 28.7 Å². The molecule has 1 aliphatic rings. The van der Waals surface area contributed by atoms with E-state index in [9.17, 15) is 14.0 Å². The summed E-state index contributed by atoms with van der Waals surface area (Å²) in [5, 5.41) is 10.1. The van der Waals surface area contributed by atoms with E-state index in [1.165, 1.54) is 12.1 Å². The van der Waals surface area contributed by atoms with Crippen molar-refractivity contribution in [2.24, 2.45) is 0 Å². The van der Waals surface area contributed by atoms with Crippen molar-refractivity contribution in [3.63, 3.8) is 0 Å². The van der Waals surface area contributed by atoms with Gasteiger partial charge in [0.2, 0.25) is 11.8 Å². The molecule has 1 aromatic heterocycles. The highest BCUT2D eigenvalue weighted by Crippen LogP contribution is 2.34. The van der Waals surface area contributed by atoms with Gasteiger partial charge in [-0.1, -0.05) is 24.3 Å². The Morgan fingerprint density at radius 3 is 2.71 bits per heavy atom. The number of rotatable bonds is 3. The zero-order valence-electron chi connectivity index (χ0n) is 15.5. The molecule has 0 unspecified atom stereocenters. The van der Waals surface area contributed by atoms with Crippen molar-refractivity contribution in [2.45, 2.75) is 26.2 Å². The number of carbonyl (C=O) groups is 2. The van der Waals surface area contributed by atoms with Crippen molar-refractivity contribution in [3.05, 3.63) is 71.3 Å². The molecule has 2 heterocycles. The molecule has 6 nitrogen and oxygen atoms in total. The van der Waals surface area contributed by atoms with E-state index in [1.54, 1.807) is 10.7 Å². The zero-order valence-corrected chi connectivity index (χ0v) is 15.5. The minimum atomic E-state index is -0.691. The number of para-hydroxylation sites is 1. The SMILES string of the molecule is Cc1nn(-c2ccccc2)c(C)c1NC(=O)[C@H]1CC(=O)Nc2cc(F)ccc21. The van der Waals surface area contributed by atoms with E-state index >= 15 is 0 Å². The van der Waals surface area contributed by atoms with Crippen molar-refractivity contribution in [3.8, 4) is 5.69 Å². The molecule has 3 aromatic rings. The summed E-state index contributed by atoms with van der Waals surface area (Å²) >= 11 is 0. The van der Waals surface area contributed by atoms with Crippen molar-refractivity contribution >= 4 is 23.2 Å². The fraction of sp³-hybridized carbons (Fsp3) is 0.190. The second-order valence-electron chi connectivity index (χ2n) is 6.82. The van der Waals surface area contributed by atoms with Gasteiger partial charge in [-0.2, -0.15) is 5.10 Å². The monoisotopic (exact) mass is 378 g/mol. The van der Waals surface area contributed by atoms with Crippen LogP contribution in [0.15, 0.2) is 48.5 Å². The smallest absolute Gasteiger partial charge is 0.232 e. The van der Waals surface area contributed by atoms with Crippen molar-refractivity contribution in [1.82, 2.24) is 9.78 Å². The Balaban J connectivity index is 1.65. The lowest BCUT2D eigenvalue weighted by Gasteiger charge is -2.25. The molecule has 2 aromatic carbocycles. The molecule has 0 radical (unpaired) electrons. The third kappa shape index (κ3) is 3.15. The predicted molar refractivity (Wildman–Crippen MR) is 104 cm³/mol. The number of aryl methyl sites for hydroxylation is 1. The number of amides is 2. The summed E-state index contributed by atoms with van der Waals surface area (Å²) in [6.45, 7) is 3.69. The number of halogens is 1. The number of hydrogen-bond acceptors (Lipinski definition) is 3. The van der Waals surface area contributed by atoms with Crippen LogP contribution in [0.25, 0.3) is 5.69 Å². The number of fused-ring (bicyclic) bond motifs is 1. The first kappa shape index (κ1) is 17.9. The molecule has 0 aliphatic carbocycles. The van der Waals surface area contributed by atoms with Gasteiger partial charge in [-0.15, -0.1) is 0 Å². The number of hydrogen-bond donors (Lipinski definition) is 2. The molecule has 2 amide bonds. The van der Waals surface area contributed by atoms with Gasteiger partial charge in [-0.25, -0.2) is 9.07 Å². The molecule has 0 spiro atoms. The van der Waals surface area contributed by atoms with Crippen LogP contribution < -0.4 is 10.6 Å². The van der Waals surface area contributed by atoms with Gasteiger partial charge in [0, 0.05) is 12.1 Å². The molecule has 1 aliphatic heterocycles. The quantitative estimate of drug-likeness (QED) is 0.730. The average Bonchev–Trinajstić information content (AvgIpc) is 2.96. The van der Waals surface area contributed by atoms with Crippen LogP contribution >= 0.6 is 0 Å². The second-order valence-corrected chi connectivity index (χ2v) is 6.82. The predicted octanol–water partition coefficient (Wildman–Crippen LogP) is 3.69. The van der Waals surface area contributed by atoms with Gasteiger partial charge < -0.3 is 10.6 Å². The van der Waals surface area contributed by atoms with Gasteiger partial charge in [-0.05, 0) is 43.7 Å². The fourth-order valence-corrected chi connectivity index (χ4v) is 3.53. The van der Waals surface area contributed by atoms with E-state index in [-0.39, 0.29) is 18.2 Å². The fourth-order valence-electron chi connectivity index (χ4n) is 3.53. The van der Waals surface area contributed by atoms with E-state index in [2.05, 4.69) is 15.7 Å². The first-order valence-electron chi connectivity index (χ1n) is 8.96. The topological polar surface area (TPSA) is 76.0 Å². The Morgan fingerprint density at radius 2 is 1.96 bits per heavy atom. The van der Waals surface area contributed by atoms with E-state index in [0.717, 1.165) is 11.4 Å². The minimum absolute atomic E-state index is 0.00931. The van der Waals surface area contributed by atoms with E-state index in [0.29, 0.717) is 22.6 Å². The number of aromatic nitrogens is 2. The number of carbonyl (C=O) groups excluding carboxylic acids is 2. The molecular weight excluding hydrogens is 359 g/mol. The average molecular weight is 378 g/mol. The Kier molecular flexibility index (Phi) is 4.43. The van der Waals surface area contributed by atoms with E-state index < -0.39 is 11.7 Å². The lowest BCUT2D eigenvalue weighted by Crippen LogP contribution is -2.31. The standard InChI is InChI=1S/C21H19FN4O2/c1-12-20(13(2)26(25-12)15-6-4-3-5-7-15)24-21(28)17-11-19(27)23-18-10-14(22)8-9-16(17)18/h3-10,17H,11H2,1-2H3,(H,23,27)(H,24,28)/t17-/m0/s1. The maximum atomic E-state index is 13.5. The van der Waals surface area contributed by atoms with Crippen LogP contribution in [0.5, 0.6) is 0 Å². The van der Waals surface area contributed by atoms with Crippen LogP contribution in [0.3, 0.4) is 0 Å². The van der Waals surface area contributed by atoms with Gasteiger partial charge in [0.1, 0.15) is 5.82 Å². The summed E-state index contributed by atoms with van der Waals surface area (Å²) in [5.41, 5.74) is 3.91. The van der Waals surface area contributed by atoms with Crippen LogP contribution in [-0.2, 0) is 9.59 Å². The van der Waals surface area contributed by atoms with Crippen LogP contribution in [0.4, 0.5) is 15.8 Å². The zero-order chi connectivity index (χ0) is 19.8. The summed E-state index contributed by atoms with van der Waals surface area (Å²) in [6.07, 6.45) is 0.00931. The van der Waals surface area contributed by atoms with Crippen molar-refractivity contribution in [2.75, 3.05) is 10.6 Å². The number of nitrogens with one attached hydrogen (secondary N) is 2. The molecule has 142 valence electrons. The minimum Gasteiger partial charge on any atom is -0.326 e. The normalized spacial score (nSPS) is 15.7. The Morgan fingerprint density at radius 1 is 1.21 bits per heavy atom. The molecule has 0 saturated heterocycles. The molecule has 0 bridgehead atoms. The Labute approximate surface area is 161 Å². The molecule has 28 heavy (non-hydrogen) atoms. The largest absolute Gasteiger partial charge is 0.326 e. The summed E-state index contributed by atoms with van der Waals surface area (Å²) < 4.78 is 15.3. The number of anilines is 2. The lowest BCUT2D eigenvalue weighted by atomic mass is 9.89. The maximum Gasteiger partial charge on any atom is 0.232 e. The van der Waals surface area contributed by atoms with Crippen LogP contribution in [0, 0.1) is 19.7 Å². The highest BCUT2D eigenvalue weighted by Gasteiger charge is 2.32. The molecule has 0 fully saturated rings. The molecular formula is C21H19FN4O2. The molecule has 1 atom stereocenters. The Bertz CT molecular complexity index is 1080. The van der Waals surface area contributed by atoms with E-state index in [1.807, 2.05) is 44.2 Å². The first-order valence-corrected chi connectivity index (χ1v) is 8.96. The highest BCUT2D eigenvalue weighted by molar-refractivity contribution is 6.05. The lowest BCUT2D eigenvalue weighted by molar-refractivity contribution is -0.123. The van der Waals surface area contributed by atoms with Gasteiger partial charge in [-0.3, -0.25) is 9.59 Å². The van der Waals surface area contributed by atoms with Gasteiger partial charge in [0.25, 0.3) is 0 Å². The second kappa shape index (κ2) is 6.92. The third-order valence-corrected chi connectivity index (χ3v) is 4.91. The van der Waals surface area contributed by atoms with Crippen molar-refractivity contribution in [1.29, 1.82) is 0 Å². The van der Waals surface area contributed by atoms with Crippen LogP contribution in [-0.4, -0.2) is 21.6 Å². The van der Waals surface area contributed by atoms with Crippen molar-refractivity contribution < 1.29 is 14.0 Å². The molecule has 7 heteroatoms. The number of nitrogens with zero attached hydrogens (tertiary/aromatic N) is 2. The highest BCUT2D eigenvalue weighted by atomic mass is 19.1. The third-order valence-electron chi connectivity index (χ3n) is 4.91. The van der Waals surface area contributed by atoms with E-state index in [4.69, 9.17) is 0 Å². The molecule has 2 N–H and O–H groups in total. The molecule has 0 saturated carbocycles.